The van der Waals surface area contributed by atoms with Crippen molar-refractivity contribution >= 4 is 40.4 Å². The molecule has 3 heterocycles. The van der Waals surface area contributed by atoms with Crippen molar-refractivity contribution in [3.8, 4) is 0 Å². The van der Waals surface area contributed by atoms with Crippen LogP contribution in [0.1, 0.15) is 6.23 Å². The van der Waals surface area contributed by atoms with Crippen LogP contribution in [0.4, 0.5) is 10.2 Å². The normalized spacial score (nSPS) is 26.9. The predicted octanol–water partition coefficient (Wildman–Crippen LogP) is -12.4. The summed E-state index contributed by atoms with van der Waals surface area (Å²) in [7, 11) is -17.9. The first kappa shape index (κ1) is 36.6. The van der Waals surface area contributed by atoms with Crippen LogP contribution in [0.5, 0.6) is 0 Å². The number of phosphoric ester groups is 1. The SMILES string of the molecule is Nc1nc(F)nc2c1ncn2[C@@H]1O[C@H](COP(=O)([O-])OP(=O)([O-])OP(=O)([O-])O)[C@@H](O)[C@@H]1O.[Na+].[Na+].[Na+]. The van der Waals surface area contributed by atoms with Gasteiger partial charge in [0.1, 0.15) is 18.3 Å². The molecule has 2 aromatic heterocycles. The first-order valence-electron chi connectivity index (χ1n) is 7.99. The summed E-state index contributed by atoms with van der Waals surface area (Å²) in [6.45, 7) is -1.14. The molecule has 7 atom stereocenters. The van der Waals surface area contributed by atoms with E-state index in [0.29, 0.717) is 0 Å². The van der Waals surface area contributed by atoms with E-state index in [9.17, 15) is 43.0 Å². The molecule has 0 saturated carbocycles. The summed E-state index contributed by atoms with van der Waals surface area (Å²) in [5.41, 5.74) is 5.21. The monoisotopic (exact) mass is 591 g/mol. The fourth-order valence-electron chi connectivity index (χ4n) is 2.65. The smallest absolute Gasteiger partial charge is 0.756 e. The van der Waals surface area contributed by atoms with Crippen LogP contribution in [0.25, 0.3) is 11.2 Å². The van der Waals surface area contributed by atoms with E-state index in [-0.39, 0.29) is 106 Å². The first-order chi connectivity index (χ1) is 14.6. The molecule has 0 radical (unpaired) electrons. The molecule has 0 spiro atoms. The summed E-state index contributed by atoms with van der Waals surface area (Å²) in [6.07, 6.45) is -6.93. The molecule has 0 aromatic carbocycles. The van der Waals surface area contributed by atoms with E-state index in [1.165, 1.54) is 0 Å². The largest absolute Gasteiger partial charge is 1.00 e. The maximum absolute atomic E-state index is 13.5. The molecule has 0 bridgehead atoms. The van der Waals surface area contributed by atoms with Crippen LogP contribution in [0.3, 0.4) is 0 Å². The van der Waals surface area contributed by atoms with E-state index in [1.807, 2.05) is 0 Å². The van der Waals surface area contributed by atoms with Crippen LogP contribution < -0.4 is 109 Å². The summed E-state index contributed by atoms with van der Waals surface area (Å²) in [5.74, 6) is -0.335. The standard InChI is InChI=1S/C10H15FN5O13P3.3Na/c11-10-14-7(12)4-8(15-10)16(2-13-4)9-6(18)5(17)3(27-9)1-26-31(22,23)29-32(24,25)28-30(19,20)21;;;/h2-3,5-6,9,17-18H,1H2,(H,22,23)(H,24,25)(H2,12,14,15)(H2,19,20,21);;;/q;3*+1/p-3/t3-,5-,6+,9-;;;/m1.../s1. The van der Waals surface area contributed by atoms with Gasteiger partial charge in [0.15, 0.2) is 23.2 Å². The zero-order valence-electron chi connectivity index (χ0n) is 18.1. The molecule has 0 aliphatic carbocycles. The molecule has 3 rings (SSSR count). The van der Waals surface area contributed by atoms with Crippen molar-refractivity contribution in [3.05, 3.63) is 12.4 Å². The zero-order valence-corrected chi connectivity index (χ0v) is 26.8. The minimum atomic E-state index is -6.12. The number of nitrogen functional groups attached to an aromatic ring is 1. The number of rotatable bonds is 8. The number of imidazole rings is 1. The van der Waals surface area contributed by atoms with Gasteiger partial charge in [-0.3, -0.25) is 18.3 Å². The number of nitrogens with two attached hydrogens (primary N) is 1. The van der Waals surface area contributed by atoms with E-state index in [4.69, 9.17) is 15.4 Å². The molecule has 3 unspecified atom stereocenters. The van der Waals surface area contributed by atoms with Crippen LogP contribution in [0.2, 0.25) is 0 Å². The van der Waals surface area contributed by atoms with Crippen molar-refractivity contribution < 1.29 is 154 Å². The van der Waals surface area contributed by atoms with Gasteiger partial charge in [0.2, 0.25) is 0 Å². The van der Waals surface area contributed by atoms with Crippen LogP contribution in [0.15, 0.2) is 6.33 Å². The molecule has 1 saturated heterocycles. The van der Waals surface area contributed by atoms with Crippen LogP contribution in [-0.2, 0) is 31.6 Å². The van der Waals surface area contributed by atoms with Gasteiger partial charge < -0.3 is 44.8 Å². The van der Waals surface area contributed by atoms with Gasteiger partial charge in [-0.05, 0) is 0 Å². The summed E-state index contributed by atoms with van der Waals surface area (Å²) in [5, 5.41) is 20.3. The molecule has 1 aliphatic heterocycles. The number of aromatic nitrogens is 4. The summed E-state index contributed by atoms with van der Waals surface area (Å²) in [6, 6.07) is 0. The predicted molar refractivity (Wildman–Crippen MR) is 88.8 cm³/mol. The number of anilines is 1. The Morgan fingerprint density at radius 1 is 1.09 bits per heavy atom. The number of nitrogens with zero attached hydrogens (tertiary/aromatic N) is 4. The van der Waals surface area contributed by atoms with E-state index in [0.717, 1.165) is 10.9 Å². The van der Waals surface area contributed by atoms with Gasteiger partial charge in [-0.25, -0.2) is 13.6 Å². The van der Waals surface area contributed by atoms with Gasteiger partial charge in [-0.2, -0.15) is 14.4 Å². The molecular weight excluding hydrogens is 579 g/mol. The molecule has 180 valence electrons. The van der Waals surface area contributed by atoms with Crippen molar-refractivity contribution in [2.24, 2.45) is 0 Å². The van der Waals surface area contributed by atoms with Gasteiger partial charge in [-0.15, -0.1) is 0 Å². The molecule has 5 N–H and O–H groups in total. The fourth-order valence-corrected chi connectivity index (χ4v) is 5.54. The fraction of sp³-hybridized carbons (Fsp3) is 0.500. The molecule has 2 aromatic rings. The van der Waals surface area contributed by atoms with Crippen molar-refractivity contribution in [2.75, 3.05) is 12.3 Å². The Morgan fingerprint density at radius 2 is 1.69 bits per heavy atom. The Labute approximate surface area is 261 Å². The zero-order chi connectivity index (χ0) is 24.1. The summed E-state index contributed by atoms with van der Waals surface area (Å²) < 4.78 is 63.6. The number of phosphoric acid groups is 3. The number of hydrogen-bond acceptors (Lipinski definition) is 16. The van der Waals surface area contributed by atoms with Crippen LogP contribution >= 0.6 is 23.5 Å². The minimum absolute atomic E-state index is 0. The Morgan fingerprint density at radius 3 is 2.26 bits per heavy atom. The number of hydrogen-bond donors (Lipinski definition) is 4. The Balaban J connectivity index is 0.00000385. The van der Waals surface area contributed by atoms with Crippen molar-refractivity contribution in [1.29, 1.82) is 0 Å². The second kappa shape index (κ2) is 13.8. The maximum atomic E-state index is 13.5. The van der Waals surface area contributed by atoms with Gasteiger partial charge in [0, 0.05) is 0 Å². The molecule has 25 heteroatoms. The minimum Gasteiger partial charge on any atom is -0.756 e. The average molecular weight is 591 g/mol. The van der Waals surface area contributed by atoms with Crippen LogP contribution in [0, 0.1) is 6.08 Å². The van der Waals surface area contributed by atoms with Gasteiger partial charge in [0.25, 0.3) is 23.5 Å². The first-order valence-corrected chi connectivity index (χ1v) is 12.4. The van der Waals surface area contributed by atoms with Crippen molar-refractivity contribution in [3.63, 3.8) is 0 Å². The van der Waals surface area contributed by atoms with Crippen molar-refractivity contribution in [2.45, 2.75) is 24.5 Å². The molecule has 35 heavy (non-hydrogen) atoms. The van der Waals surface area contributed by atoms with E-state index >= 15 is 0 Å². The van der Waals surface area contributed by atoms with E-state index < -0.39 is 60.7 Å². The third kappa shape index (κ3) is 9.61. The number of aliphatic hydroxyl groups is 2. The molecular formula is C10H12FN5Na3O13P3. The molecule has 0 amide bonds. The second-order valence-electron chi connectivity index (χ2n) is 6.07. The number of halogens is 1. The van der Waals surface area contributed by atoms with Gasteiger partial charge >= 0.3 is 94.8 Å². The summed E-state index contributed by atoms with van der Waals surface area (Å²) >= 11 is 0. The van der Waals surface area contributed by atoms with Crippen LogP contribution in [-0.4, -0.2) is 59.5 Å². The number of ether oxygens (including phenoxy) is 1. The molecule has 1 aliphatic rings. The Hall–Kier alpha value is 1.57. The maximum Gasteiger partial charge on any atom is 1.00 e. The topological polar surface area (TPSA) is 288 Å². The Bertz CT molecular complexity index is 1170. The van der Waals surface area contributed by atoms with E-state index in [1.54, 1.807) is 0 Å². The van der Waals surface area contributed by atoms with Crippen molar-refractivity contribution in [1.82, 2.24) is 19.5 Å². The van der Waals surface area contributed by atoms with Gasteiger partial charge in [-0.1, -0.05) is 0 Å². The quantitative estimate of drug-likeness (QED) is 0.126. The summed E-state index contributed by atoms with van der Waals surface area (Å²) in [4.78, 5) is 52.0. The number of fused-ring (bicyclic) bond motifs is 1. The molecule has 18 nitrogen and oxygen atoms in total. The number of aliphatic hydroxyl groups excluding tert-OH is 2. The average Bonchev–Trinajstić information content (AvgIpc) is 3.12. The second-order valence-corrected chi connectivity index (χ2v) is 10.4. The third-order valence-electron chi connectivity index (χ3n) is 3.83. The van der Waals surface area contributed by atoms with E-state index in [2.05, 4.69) is 28.1 Å². The third-order valence-corrected chi connectivity index (χ3v) is 7.52. The Kier molecular flexibility index (Phi) is 14.4. The molecule has 1 fully saturated rings. The van der Waals surface area contributed by atoms with Gasteiger partial charge in [0.05, 0.1) is 12.9 Å².